The van der Waals surface area contributed by atoms with E-state index in [2.05, 4.69) is 20.8 Å². The highest BCUT2D eigenvalue weighted by Gasteiger charge is 2.36. The molecule has 2 aliphatic rings. The second kappa shape index (κ2) is 7.05. The third-order valence-electron chi connectivity index (χ3n) is 5.16. The molecule has 2 saturated heterocycles. The fourth-order valence-electron chi connectivity index (χ4n) is 3.79. The number of nitrogens with zero attached hydrogens (tertiary/aromatic N) is 2. The Kier molecular flexibility index (Phi) is 4.60. The Morgan fingerprint density at radius 2 is 2.23 bits per heavy atom. The molecule has 0 aromatic carbocycles. The molecule has 0 bridgehead atoms. The van der Waals surface area contributed by atoms with Gasteiger partial charge in [-0.2, -0.15) is 0 Å². The van der Waals surface area contributed by atoms with Crippen LogP contribution in [-0.4, -0.2) is 39.9 Å². The van der Waals surface area contributed by atoms with E-state index in [0.717, 1.165) is 36.6 Å². The molecule has 3 unspecified atom stereocenters. The molecule has 138 valence electrons. The Morgan fingerprint density at radius 3 is 3.00 bits per heavy atom. The maximum absolute atomic E-state index is 12.9. The number of aromatic amines is 1. The van der Waals surface area contributed by atoms with Gasteiger partial charge in [0, 0.05) is 25.1 Å². The first-order chi connectivity index (χ1) is 12.6. The van der Waals surface area contributed by atoms with Crippen LogP contribution >= 0.6 is 0 Å². The van der Waals surface area contributed by atoms with Crippen molar-refractivity contribution in [2.45, 2.75) is 44.2 Å². The zero-order valence-electron chi connectivity index (χ0n) is 14.7. The number of hydrazine groups is 1. The first-order valence-corrected chi connectivity index (χ1v) is 9.01. The summed E-state index contributed by atoms with van der Waals surface area (Å²) in [6.45, 7) is 3.24. The molecule has 8 heteroatoms. The average Bonchev–Trinajstić information content (AvgIpc) is 3.30. The van der Waals surface area contributed by atoms with E-state index in [0.29, 0.717) is 13.0 Å². The fraction of sp³-hybridized carbons (Fsp3) is 0.500. The zero-order valence-corrected chi connectivity index (χ0v) is 14.7. The molecular weight excluding hydrogens is 334 g/mol. The molecule has 0 radical (unpaired) electrons. The molecular formula is C18H23N5O3. The first-order valence-electron chi connectivity index (χ1n) is 9.01. The highest BCUT2D eigenvalue weighted by atomic mass is 16.3. The molecule has 26 heavy (non-hydrogen) atoms. The van der Waals surface area contributed by atoms with Gasteiger partial charge in [-0.05, 0) is 38.3 Å². The van der Waals surface area contributed by atoms with Crippen molar-refractivity contribution in [3.8, 4) is 0 Å². The van der Waals surface area contributed by atoms with Crippen LogP contribution in [0.1, 0.15) is 48.4 Å². The Balaban J connectivity index is 1.41. The molecule has 0 saturated carbocycles. The molecule has 3 N–H and O–H groups in total. The lowest BCUT2D eigenvalue weighted by Gasteiger charge is -2.33. The normalized spacial score (nSPS) is 26.2. The number of rotatable bonds is 3. The van der Waals surface area contributed by atoms with Gasteiger partial charge in [0.2, 0.25) is 5.91 Å². The maximum atomic E-state index is 12.9. The summed E-state index contributed by atoms with van der Waals surface area (Å²) in [6.07, 6.45) is 3.92. The number of aryl methyl sites for hydroxylation is 1. The summed E-state index contributed by atoms with van der Waals surface area (Å²) in [6, 6.07) is 5.11. The number of aromatic nitrogens is 2. The molecule has 4 rings (SSSR count). The van der Waals surface area contributed by atoms with Gasteiger partial charge in [0.15, 0.2) is 0 Å². The van der Waals surface area contributed by atoms with Gasteiger partial charge in [0.1, 0.15) is 17.6 Å². The summed E-state index contributed by atoms with van der Waals surface area (Å²) in [5, 5.41) is 0. The van der Waals surface area contributed by atoms with Gasteiger partial charge in [-0.25, -0.2) is 15.8 Å². The van der Waals surface area contributed by atoms with Crippen LogP contribution in [0.5, 0.6) is 0 Å². The minimum atomic E-state index is -0.281. The Morgan fingerprint density at radius 1 is 1.35 bits per heavy atom. The van der Waals surface area contributed by atoms with Crippen LogP contribution in [0, 0.1) is 6.92 Å². The van der Waals surface area contributed by atoms with Gasteiger partial charge in [0.05, 0.1) is 18.1 Å². The number of nitrogens with one attached hydrogen (secondary N) is 3. The van der Waals surface area contributed by atoms with Crippen LogP contribution in [0.4, 0.5) is 0 Å². The highest BCUT2D eigenvalue weighted by molar-refractivity contribution is 5.82. The van der Waals surface area contributed by atoms with Crippen LogP contribution in [0.3, 0.4) is 0 Å². The molecule has 0 aliphatic carbocycles. The predicted octanol–water partition coefficient (Wildman–Crippen LogP) is 0.985. The van der Waals surface area contributed by atoms with E-state index in [1.165, 1.54) is 12.4 Å². The molecule has 8 nitrogen and oxygen atoms in total. The van der Waals surface area contributed by atoms with E-state index in [-0.39, 0.29) is 29.5 Å². The minimum Gasteiger partial charge on any atom is -0.465 e. The van der Waals surface area contributed by atoms with Crippen LogP contribution < -0.4 is 16.4 Å². The molecule has 2 aromatic rings. The SMILES string of the molecule is Cc1ccc(C2CC(C(=O)N3CCCC(c4cc(=O)[nH]cn4)C3)NN2)o1. The summed E-state index contributed by atoms with van der Waals surface area (Å²) in [5.41, 5.74) is 6.86. The van der Waals surface area contributed by atoms with E-state index in [1.807, 2.05) is 24.0 Å². The second-order valence-corrected chi connectivity index (χ2v) is 7.04. The standard InChI is InChI=1S/C18H23N5O3/c1-11-4-5-16(26-11)14-7-15(22-21-14)18(25)23-6-2-3-12(9-23)13-8-17(24)20-10-19-13/h4-5,8,10,12,14-15,21-22H,2-3,6-7,9H2,1H3,(H,19,20,24). The number of likely N-dealkylation sites (tertiary alicyclic amines) is 1. The Bertz CT molecular complexity index is 845. The molecule has 3 atom stereocenters. The zero-order chi connectivity index (χ0) is 18.1. The van der Waals surface area contributed by atoms with E-state index in [4.69, 9.17) is 4.42 Å². The molecule has 1 amide bonds. The van der Waals surface area contributed by atoms with Crippen molar-refractivity contribution in [3.05, 3.63) is 52.1 Å². The van der Waals surface area contributed by atoms with Gasteiger partial charge >= 0.3 is 0 Å². The van der Waals surface area contributed by atoms with Crippen molar-refractivity contribution in [2.75, 3.05) is 13.1 Å². The number of amides is 1. The van der Waals surface area contributed by atoms with Crippen molar-refractivity contribution in [1.82, 2.24) is 25.7 Å². The summed E-state index contributed by atoms with van der Waals surface area (Å²) < 4.78 is 5.66. The second-order valence-electron chi connectivity index (χ2n) is 7.04. The number of hydrogen-bond acceptors (Lipinski definition) is 6. The first kappa shape index (κ1) is 17.0. The van der Waals surface area contributed by atoms with E-state index < -0.39 is 0 Å². The maximum Gasteiger partial charge on any atom is 0.250 e. The van der Waals surface area contributed by atoms with Crippen molar-refractivity contribution < 1.29 is 9.21 Å². The third kappa shape index (κ3) is 3.42. The molecule has 2 aliphatic heterocycles. The fourth-order valence-corrected chi connectivity index (χ4v) is 3.79. The van der Waals surface area contributed by atoms with Crippen molar-refractivity contribution >= 4 is 5.91 Å². The quantitative estimate of drug-likeness (QED) is 0.757. The predicted molar refractivity (Wildman–Crippen MR) is 94.3 cm³/mol. The number of hydrogen-bond donors (Lipinski definition) is 3. The van der Waals surface area contributed by atoms with Gasteiger partial charge in [-0.15, -0.1) is 0 Å². The van der Waals surface area contributed by atoms with Gasteiger partial charge in [-0.1, -0.05) is 0 Å². The monoisotopic (exact) mass is 357 g/mol. The number of piperidine rings is 1. The number of carbonyl (C=O) groups is 1. The topological polar surface area (TPSA) is 103 Å². The lowest BCUT2D eigenvalue weighted by molar-refractivity contribution is -0.134. The van der Waals surface area contributed by atoms with E-state index >= 15 is 0 Å². The largest absolute Gasteiger partial charge is 0.465 e. The molecule has 4 heterocycles. The Labute approximate surface area is 151 Å². The molecule has 2 fully saturated rings. The number of furan rings is 1. The summed E-state index contributed by atoms with van der Waals surface area (Å²) in [7, 11) is 0. The van der Waals surface area contributed by atoms with Crippen LogP contribution in [0.25, 0.3) is 0 Å². The van der Waals surface area contributed by atoms with Crippen LogP contribution in [0.15, 0.2) is 33.7 Å². The highest BCUT2D eigenvalue weighted by Crippen LogP contribution is 2.28. The summed E-state index contributed by atoms with van der Waals surface area (Å²) in [5.74, 6) is 1.89. The average molecular weight is 357 g/mol. The van der Waals surface area contributed by atoms with Crippen LogP contribution in [-0.2, 0) is 4.79 Å². The van der Waals surface area contributed by atoms with Crippen molar-refractivity contribution in [2.24, 2.45) is 0 Å². The third-order valence-corrected chi connectivity index (χ3v) is 5.16. The molecule has 0 spiro atoms. The van der Waals surface area contributed by atoms with Crippen molar-refractivity contribution in [3.63, 3.8) is 0 Å². The number of carbonyl (C=O) groups excluding carboxylic acids is 1. The van der Waals surface area contributed by atoms with Gasteiger partial charge in [0.25, 0.3) is 5.56 Å². The molecule has 2 aromatic heterocycles. The smallest absolute Gasteiger partial charge is 0.250 e. The summed E-state index contributed by atoms with van der Waals surface area (Å²) >= 11 is 0. The number of H-pyrrole nitrogens is 1. The van der Waals surface area contributed by atoms with Gasteiger partial charge in [-0.3, -0.25) is 9.59 Å². The minimum absolute atomic E-state index is 0.00686. The lowest BCUT2D eigenvalue weighted by atomic mass is 9.93. The van der Waals surface area contributed by atoms with Crippen molar-refractivity contribution in [1.29, 1.82) is 0 Å². The van der Waals surface area contributed by atoms with E-state index in [1.54, 1.807) is 0 Å². The van der Waals surface area contributed by atoms with Gasteiger partial charge < -0.3 is 14.3 Å². The summed E-state index contributed by atoms with van der Waals surface area (Å²) in [4.78, 5) is 33.2. The van der Waals surface area contributed by atoms with Crippen LogP contribution in [0.2, 0.25) is 0 Å². The Hall–Kier alpha value is -2.45. The van der Waals surface area contributed by atoms with E-state index in [9.17, 15) is 9.59 Å². The lowest BCUT2D eigenvalue weighted by Crippen LogP contribution is -2.48.